The number of ether oxygens (including phenoxy) is 1. The molecule has 0 amide bonds. The second-order valence-electron chi connectivity index (χ2n) is 5.77. The van der Waals surface area contributed by atoms with Crippen molar-refractivity contribution in [2.45, 2.75) is 0 Å². The molecule has 0 aliphatic rings. The summed E-state index contributed by atoms with van der Waals surface area (Å²) in [7, 11) is 1.64. The molecule has 5 heteroatoms. The predicted octanol–water partition coefficient (Wildman–Crippen LogP) is 5.76. The molecule has 0 saturated heterocycles. The standard InChI is InChI=1S/C21H14ClFN2O/c1-26-20-8-10-24-19-7-5-13(11-16(19)20)15-3-2-9-25-21(15)14-4-6-18(23)17(22)12-14/h2-12H,1H3. The largest absolute Gasteiger partial charge is 0.496 e. The van der Waals surface area contributed by atoms with Gasteiger partial charge in [-0.15, -0.1) is 0 Å². The van der Waals surface area contributed by atoms with Crippen molar-refractivity contribution in [3.8, 4) is 28.1 Å². The van der Waals surface area contributed by atoms with E-state index >= 15 is 0 Å². The van der Waals surface area contributed by atoms with E-state index in [1.165, 1.54) is 6.07 Å². The van der Waals surface area contributed by atoms with Crippen molar-refractivity contribution in [2.24, 2.45) is 0 Å². The smallest absolute Gasteiger partial charge is 0.141 e. The summed E-state index contributed by atoms with van der Waals surface area (Å²) < 4.78 is 19.0. The number of hydrogen-bond donors (Lipinski definition) is 0. The second kappa shape index (κ2) is 6.73. The molecule has 4 rings (SSSR count). The van der Waals surface area contributed by atoms with Crippen LogP contribution in [0.25, 0.3) is 33.3 Å². The van der Waals surface area contributed by atoms with Crippen molar-refractivity contribution < 1.29 is 9.13 Å². The van der Waals surface area contributed by atoms with Gasteiger partial charge in [-0.1, -0.05) is 23.7 Å². The minimum atomic E-state index is -0.450. The Bertz CT molecular complexity index is 1110. The number of aromatic nitrogens is 2. The zero-order chi connectivity index (χ0) is 18.1. The van der Waals surface area contributed by atoms with Crippen molar-refractivity contribution in [1.82, 2.24) is 9.97 Å². The average molecular weight is 365 g/mol. The maximum Gasteiger partial charge on any atom is 0.141 e. The molecular weight excluding hydrogens is 351 g/mol. The number of benzene rings is 2. The average Bonchev–Trinajstić information content (AvgIpc) is 2.69. The number of methoxy groups -OCH3 is 1. The number of fused-ring (bicyclic) bond motifs is 1. The highest BCUT2D eigenvalue weighted by Crippen LogP contribution is 2.35. The Kier molecular flexibility index (Phi) is 4.27. The Morgan fingerprint density at radius 3 is 2.58 bits per heavy atom. The topological polar surface area (TPSA) is 35.0 Å². The summed E-state index contributed by atoms with van der Waals surface area (Å²) in [6, 6.07) is 16.2. The van der Waals surface area contributed by atoms with Crippen LogP contribution in [-0.4, -0.2) is 17.1 Å². The van der Waals surface area contributed by atoms with Gasteiger partial charge in [0.25, 0.3) is 0 Å². The second-order valence-corrected chi connectivity index (χ2v) is 6.18. The van der Waals surface area contributed by atoms with Gasteiger partial charge in [-0.05, 0) is 48.0 Å². The zero-order valence-corrected chi connectivity index (χ0v) is 14.7. The molecule has 0 atom stereocenters. The molecule has 2 aromatic heterocycles. The van der Waals surface area contributed by atoms with Crippen LogP contribution in [0.1, 0.15) is 0 Å². The molecule has 26 heavy (non-hydrogen) atoms. The fourth-order valence-electron chi connectivity index (χ4n) is 2.98. The number of halogens is 2. The number of hydrogen-bond acceptors (Lipinski definition) is 3. The van der Waals surface area contributed by atoms with Crippen LogP contribution in [-0.2, 0) is 0 Å². The molecule has 128 valence electrons. The van der Waals surface area contributed by atoms with Crippen molar-refractivity contribution in [1.29, 1.82) is 0 Å². The van der Waals surface area contributed by atoms with Crippen LogP contribution >= 0.6 is 11.6 Å². The third kappa shape index (κ3) is 2.89. The first-order valence-electron chi connectivity index (χ1n) is 8.01. The summed E-state index contributed by atoms with van der Waals surface area (Å²) in [5.41, 5.74) is 4.22. The van der Waals surface area contributed by atoms with Gasteiger partial charge in [-0.25, -0.2) is 4.39 Å². The Hall–Kier alpha value is -2.98. The van der Waals surface area contributed by atoms with E-state index < -0.39 is 5.82 Å². The summed E-state index contributed by atoms with van der Waals surface area (Å²) in [5.74, 6) is 0.307. The first kappa shape index (κ1) is 16.5. The van der Waals surface area contributed by atoms with Crippen LogP contribution in [0.4, 0.5) is 4.39 Å². The molecule has 4 aromatic rings. The van der Waals surface area contributed by atoms with Gasteiger partial charge >= 0.3 is 0 Å². The van der Waals surface area contributed by atoms with E-state index in [0.717, 1.165) is 39.0 Å². The van der Waals surface area contributed by atoms with Crippen molar-refractivity contribution in [3.05, 3.63) is 77.8 Å². The minimum Gasteiger partial charge on any atom is -0.496 e. The van der Waals surface area contributed by atoms with Crippen molar-refractivity contribution in [3.63, 3.8) is 0 Å². The highest BCUT2D eigenvalue weighted by Gasteiger charge is 2.12. The monoisotopic (exact) mass is 364 g/mol. The Morgan fingerprint density at radius 2 is 1.77 bits per heavy atom. The number of pyridine rings is 2. The number of nitrogens with zero attached hydrogens (tertiary/aromatic N) is 2. The lowest BCUT2D eigenvalue weighted by atomic mass is 9.98. The Labute approximate surface area is 155 Å². The third-order valence-electron chi connectivity index (χ3n) is 4.23. The summed E-state index contributed by atoms with van der Waals surface area (Å²) >= 11 is 5.95. The summed E-state index contributed by atoms with van der Waals surface area (Å²) in [5, 5.41) is 0.989. The molecule has 0 bridgehead atoms. The highest BCUT2D eigenvalue weighted by atomic mass is 35.5. The lowest BCUT2D eigenvalue weighted by Crippen LogP contribution is -1.91. The first-order chi connectivity index (χ1) is 12.7. The van der Waals surface area contributed by atoms with E-state index in [2.05, 4.69) is 9.97 Å². The minimum absolute atomic E-state index is 0.0727. The van der Waals surface area contributed by atoms with E-state index in [4.69, 9.17) is 16.3 Å². The molecule has 0 radical (unpaired) electrons. The van der Waals surface area contributed by atoms with Crippen molar-refractivity contribution >= 4 is 22.5 Å². The Balaban J connectivity index is 1.91. The maximum absolute atomic E-state index is 13.5. The van der Waals surface area contributed by atoms with E-state index in [1.54, 1.807) is 31.6 Å². The van der Waals surface area contributed by atoms with Gasteiger partial charge in [0.15, 0.2) is 0 Å². The van der Waals surface area contributed by atoms with E-state index in [1.807, 2.05) is 36.4 Å². The fraction of sp³-hybridized carbons (Fsp3) is 0.0476. The quantitative estimate of drug-likeness (QED) is 0.463. The Morgan fingerprint density at radius 1 is 0.923 bits per heavy atom. The molecule has 3 nitrogen and oxygen atoms in total. The van der Waals surface area contributed by atoms with Gasteiger partial charge in [-0.3, -0.25) is 9.97 Å². The molecular formula is C21H14ClFN2O. The molecule has 0 fully saturated rings. The fourth-order valence-corrected chi connectivity index (χ4v) is 3.16. The lowest BCUT2D eigenvalue weighted by molar-refractivity contribution is 0.419. The van der Waals surface area contributed by atoms with Gasteiger partial charge in [0, 0.05) is 28.9 Å². The molecule has 0 spiro atoms. The van der Waals surface area contributed by atoms with Crippen molar-refractivity contribution in [2.75, 3.05) is 7.11 Å². The van der Waals surface area contributed by atoms with Crippen LogP contribution in [0.3, 0.4) is 0 Å². The number of rotatable bonds is 3. The molecule has 2 heterocycles. The van der Waals surface area contributed by atoms with Gasteiger partial charge in [0.2, 0.25) is 0 Å². The SMILES string of the molecule is COc1ccnc2ccc(-c3cccnc3-c3ccc(F)c(Cl)c3)cc12. The molecule has 2 aromatic carbocycles. The van der Waals surface area contributed by atoms with E-state index in [0.29, 0.717) is 0 Å². The lowest BCUT2D eigenvalue weighted by Gasteiger charge is -2.11. The molecule has 0 aliphatic heterocycles. The molecule has 0 saturated carbocycles. The van der Waals surface area contributed by atoms with Crippen LogP contribution in [0.5, 0.6) is 5.75 Å². The van der Waals surface area contributed by atoms with Gasteiger partial charge < -0.3 is 4.74 Å². The van der Waals surface area contributed by atoms with Gasteiger partial charge in [-0.2, -0.15) is 0 Å². The molecule has 0 unspecified atom stereocenters. The first-order valence-corrected chi connectivity index (χ1v) is 8.39. The predicted molar refractivity (Wildman–Crippen MR) is 102 cm³/mol. The summed E-state index contributed by atoms with van der Waals surface area (Å²) in [6.45, 7) is 0. The van der Waals surface area contributed by atoms with E-state index in [9.17, 15) is 4.39 Å². The van der Waals surface area contributed by atoms with Crippen LogP contribution < -0.4 is 4.74 Å². The van der Waals surface area contributed by atoms with Crippen LogP contribution in [0.2, 0.25) is 5.02 Å². The van der Waals surface area contributed by atoms with E-state index in [-0.39, 0.29) is 5.02 Å². The highest BCUT2D eigenvalue weighted by molar-refractivity contribution is 6.31. The summed E-state index contributed by atoms with van der Waals surface area (Å²) in [4.78, 5) is 8.86. The summed E-state index contributed by atoms with van der Waals surface area (Å²) in [6.07, 6.45) is 3.43. The third-order valence-corrected chi connectivity index (χ3v) is 4.52. The van der Waals surface area contributed by atoms with Crippen LogP contribution in [0, 0.1) is 5.82 Å². The van der Waals surface area contributed by atoms with Gasteiger partial charge in [0.05, 0.1) is 23.3 Å². The normalized spacial score (nSPS) is 10.9. The maximum atomic E-state index is 13.5. The molecule has 0 aliphatic carbocycles. The molecule has 0 N–H and O–H groups in total. The zero-order valence-electron chi connectivity index (χ0n) is 13.9. The van der Waals surface area contributed by atoms with Gasteiger partial charge in [0.1, 0.15) is 11.6 Å². The van der Waals surface area contributed by atoms with Crippen LogP contribution in [0.15, 0.2) is 67.0 Å².